The third-order valence-electron chi connectivity index (χ3n) is 4.33. The predicted molar refractivity (Wildman–Crippen MR) is 108 cm³/mol. The highest BCUT2D eigenvalue weighted by atomic mass is 127. The summed E-state index contributed by atoms with van der Waals surface area (Å²) < 4.78 is 0. The number of rotatable bonds is 7. The molecule has 0 aromatic carbocycles. The fraction of sp³-hybridized carbons (Fsp3) is 0.882. The first-order chi connectivity index (χ1) is 10.5. The van der Waals surface area contributed by atoms with E-state index in [0.717, 1.165) is 24.8 Å². The summed E-state index contributed by atoms with van der Waals surface area (Å²) in [7, 11) is 0. The molecule has 1 aliphatic carbocycles. The van der Waals surface area contributed by atoms with Gasteiger partial charge in [0.25, 0.3) is 0 Å². The minimum atomic E-state index is 0. The molecule has 0 aliphatic heterocycles. The molecule has 1 unspecified atom stereocenters. The van der Waals surface area contributed by atoms with Crippen molar-refractivity contribution in [1.82, 2.24) is 16.0 Å². The molecule has 1 fully saturated rings. The Morgan fingerprint density at radius 2 is 1.87 bits per heavy atom. The normalized spacial score (nSPS) is 22.7. The zero-order chi connectivity index (χ0) is 16.4. The van der Waals surface area contributed by atoms with E-state index >= 15 is 0 Å². The van der Waals surface area contributed by atoms with Crippen molar-refractivity contribution in [2.45, 2.75) is 78.3 Å². The summed E-state index contributed by atoms with van der Waals surface area (Å²) >= 11 is 0. The van der Waals surface area contributed by atoms with Gasteiger partial charge in [0.2, 0.25) is 5.91 Å². The highest BCUT2D eigenvalue weighted by Crippen LogP contribution is 2.23. The molecule has 1 rings (SSSR count). The van der Waals surface area contributed by atoms with Crippen LogP contribution in [-0.4, -0.2) is 37.0 Å². The summed E-state index contributed by atoms with van der Waals surface area (Å²) in [6, 6.07) is 0.759. The zero-order valence-electron chi connectivity index (χ0n) is 15.2. The average molecular weight is 438 g/mol. The van der Waals surface area contributed by atoms with Gasteiger partial charge in [-0.25, -0.2) is 0 Å². The summed E-state index contributed by atoms with van der Waals surface area (Å²) in [6.07, 6.45) is 6.39. The molecule has 0 aromatic rings. The smallest absolute Gasteiger partial charge is 0.222 e. The van der Waals surface area contributed by atoms with E-state index in [2.05, 4.69) is 41.7 Å². The highest BCUT2D eigenvalue weighted by molar-refractivity contribution is 14.0. The van der Waals surface area contributed by atoms with Gasteiger partial charge in [-0.3, -0.25) is 9.79 Å². The number of amides is 1. The van der Waals surface area contributed by atoms with Crippen LogP contribution in [0.3, 0.4) is 0 Å². The Kier molecular flexibility index (Phi) is 12.5. The molecule has 0 bridgehead atoms. The van der Waals surface area contributed by atoms with Gasteiger partial charge in [0.1, 0.15) is 0 Å². The van der Waals surface area contributed by atoms with E-state index in [-0.39, 0.29) is 35.9 Å². The van der Waals surface area contributed by atoms with Crippen LogP contribution in [0.25, 0.3) is 0 Å². The Morgan fingerprint density at radius 3 is 2.43 bits per heavy atom. The Morgan fingerprint density at radius 1 is 1.22 bits per heavy atom. The lowest BCUT2D eigenvalue weighted by Crippen LogP contribution is -2.45. The van der Waals surface area contributed by atoms with Crippen molar-refractivity contribution in [3.8, 4) is 0 Å². The number of nitrogens with one attached hydrogen (secondary N) is 3. The molecule has 1 aliphatic rings. The van der Waals surface area contributed by atoms with Crippen LogP contribution in [0.4, 0.5) is 0 Å². The first-order valence-corrected chi connectivity index (χ1v) is 8.89. The molecule has 0 saturated heterocycles. The Balaban J connectivity index is 0.00000484. The van der Waals surface area contributed by atoms with Gasteiger partial charge in [-0.2, -0.15) is 0 Å². The average Bonchev–Trinajstić information content (AvgIpc) is 2.49. The Labute approximate surface area is 158 Å². The van der Waals surface area contributed by atoms with E-state index in [1.165, 1.54) is 25.7 Å². The van der Waals surface area contributed by atoms with E-state index in [1.807, 2.05) is 6.92 Å². The minimum absolute atomic E-state index is 0. The molecular weight excluding hydrogens is 403 g/mol. The summed E-state index contributed by atoms with van der Waals surface area (Å²) in [5, 5.41) is 9.76. The van der Waals surface area contributed by atoms with Crippen LogP contribution in [0, 0.1) is 5.92 Å². The summed E-state index contributed by atoms with van der Waals surface area (Å²) in [4.78, 5) is 16.3. The monoisotopic (exact) mass is 438 g/mol. The van der Waals surface area contributed by atoms with E-state index in [4.69, 9.17) is 0 Å². The Bertz CT molecular complexity index is 355. The third-order valence-corrected chi connectivity index (χ3v) is 4.33. The number of nitrogens with zero attached hydrogens (tertiary/aromatic N) is 1. The van der Waals surface area contributed by atoms with Crippen LogP contribution in [0.15, 0.2) is 4.99 Å². The van der Waals surface area contributed by atoms with Crippen molar-refractivity contribution in [3.63, 3.8) is 0 Å². The van der Waals surface area contributed by atoms with Crippen LogP contribution >= 0.6 is 24.0 Å². The van der Waals surface area contributed by atoms with Crippen molar-refractivity contribution in [3.05, 3.63) is 0 Å². The van der Waals surface area contributed by atoms with E-state index in [1.54, 1.807) is 0 Å². The fourth-order valence-corrected chi connectivity index (χ4v) is 2.64. The first-order valence-electron chi connectivity index (χ1n) is 8.89. The van der Waals surface area contributed by atoms with Gasteiger partial charge >= 0.3 is 0 Å². The number of halogens is 1. The standard InChI is InChI=1S/C17H34N4O.HI/c1-5-14(4)20-16(22)11-12-19-17(18-6-2)21-15-9-7-13(3)8-10-15;/h13-15H,5-12H2,1-4H3,(H,20,22)(H2,18,19,21);1H. The topological polar surface area (TPSA) is 65.5 Å². The van der Waals surface area contributed by atoms with Crippen molar-refractivity contribution in [2.75, 3.05) is 13.1 Å². The number of hydrogen-bond acceptors (Lipinski definition) is 2. The lowest BCUT2D eigenvalue weighted by molar-refractivity contribution is -0.121. The second-order valence-corrected chi connectivity index (χ2v) is 6.49. The molecule has 0 radical (unpaired) electrons. The zero-order valence-corrected chi connectivity index (χ0v) is 17.5. The molecule has 6 heteroatoms. The maximum Gasteiger partial charge on any atom is 0.222 e. The van der Waals surface area contributed by atoms with Gasteiger partial charge < -0.3 is 16.0 Å². The molecule has 1 atom stereocenters. The van der Waals surface area contributed by atoms with Gasteiger partial charge in [-0.05, 0) is 51.9 Å². The van der Waals surface area contributed by atoms with E-state index < -0.39 is 0 Å². The molecule has 1 amide bonds. The van der Waals surface area contributed by atoms with Crippen LogP contribution < -0.4 is 16.0 Å². The van der Waals surface area contributed by atoms with Crippen molar-refractivity contribution < 1.29 is 4.79 Å². The van der Waals surface area contributed by atoms with Crippen molar-refractivity contribution in [2.24, 2.45) is 10.9 Å². The van der Waals surface area contributed by atoms with Crippen LogP contribution in [0.1, 0.15) is 66.2 Å². The maximum absolute atomic E-state index is 11.8. The van der Waals surface area contributed by atoms with Crippen LogP contribution in [0.5, 0.6) is 0 Å². The fourth-order valence-electron chi connectivity index (χ4n) is 2.64. The number of hydrogen-bond donors (Lipinski definition) is 3. The number of guanidine groups is 1. The summed E-state index contributed by atoms with van der Waals surface area (Å²) in [5.41, 5.74) is 0. The van der Waals surface area contributed by atoms with Crippen LogP contribution in [-0.2, 0) is 4.79 Å². The molecule has 5 nitrogen and oxygen atoms in total. The molecule has 0 spiro atoms. The number of carbonyl (C=O) groups excluding carboxylic acids is 1. The van der Waals surface area contributed by atoms with Crippen molar-refractivity contribution >= 4 is 35.8 Å². The lowest BCUT2D eigenvalue weighted by Gasteiger charge is -2.28. The quantitative estimate of drug-likeness (QED) is 0.325. The first kappa shape index (κ1) is 22.5. The molecule has 23 heavy (non-hydrogen) atoms. The minimum Gasteiger partial charge on any atom is -0.357 e. The van der Waals surface area contributed by atoms with Crippen LogP contribution in [0.2, 0.25) is 0 Å². The van der Waals surface area contributed by atoms with Gasteiger partial charge in [-0.1, -0.05) is 13.8 Å². The van der Waals surface area contributed by atoms with Gasteiger partial charge in [0.15, 0.2) is 5.96 Å². The van der Waals surface area contributed by atoms with E-state index in [0.29, 0.717) is 19.0 Å². The second-order valence-electron chi connectivity index (χ2n) is 6.49. The predicted octanol–water partition coefficient (Wildman–Crippen LogP) is 3.04. The SMILES string of the molecule is CCNC(=NCCC(=O)NC(C)CC)NC1CCC(C)CC1.I. The molecular formula is C17H35IN4O. The van der Waals surface area contributed by atoms with Crippen molar-refractivity contribution in [1.29, 1.82) is 0 Å². The molecule has 0 heterocycles. The Hall–Kier alpha value is -0.530. The largest absolute Gasteiger partial charge is 0.357 e. The molecule has 0 aromatic heterocycles. The number of carbonyl (C=O) groups is 1. The second kappa shape index (κ2) is 12.8. The molecule has 1 saturated carbocycles. The summed E-state index contributed by atoms with van der Waals surface area (Å²) in [5.74, 6) is 1.78. The number of aliphatic imine (C=N–C) groups is 1. The molecule has 136 valence electrons. The van der Waals surface area contributed by atoms with Gasteiger partial charge in [-0.15, -0.1) is 24.0 Å². The van der Waals surface area contributed by atoms with Gasteiger partial charge in [0.05, 0.1) is 6.54 Å². The maximum atomic E-state index is 11.8. The third kappa shape index (κ3) is 10.0. The lowest BCUT2D eigenvalue weighted by atomic mass is 9.87. The van der Waals surface area contributed by atoms with E-state index in [9.17, 15) is 4.79 Å². The molecule has 3 N–H and O–H groups in total. The summed E-state index contributed by atoms with van der Waals surface area (Å²) in [6.45, 7) is 9.86. The van der Waals surface area contributed by atoms with Gasteiger partial charge in [0, 0.05) is 25.0 Å². The highest BCUT2D eigenvalue weighted by Gasteiger charge is 2.18.